The van der Waals surface area contributed by atoms with Gasteiger partial charge in [0.25, 0.3) is 0 Å². The second kappa shape index (κ2) is 5.27. The van der Waals surface area contributed by atoms with Crippen LogP contribution in [0, 0.1) is 0 Å². The molecule has 0 saturated carbocycles. The predicted molar refractivity (Wildman–Crippen MR) is 82.5 cm³/mol. The molecule has 3 aromatic carbocycles. The Bertz CT molecular complexity index is 668. The molecule has 0 fully saturated rings. The van der Waals surface area contributed by atoms with E-state index in [9.17, 15) is 0 Å². The average Bonchev–Trinajstić information content (AvgIpc) is 2.49. The van der Waals surface area contributed by atoms with Crippen LogP contribution in [0.5, 0.6) is 0 Å². The van der Waals surface area contributed by atoms with Crippen LogP contribution < -0.4 is 0 Å². The minimum atomic E-state index is 0.491. The minimum absolute atomic E-state index is 0.491. The Morgan fingerprint density at radius 3 is 2.11 bits per heavy atom. The van der Waals surface area contributed by atoms with Crippen molar-refractivity contribution < 1.29 is 0 Å². The van der Waals surface area contributed by atoms with Crippen molar-refractivity contribution in [2.45, 2.75) is 19.3 Å². The SMILES string of the molecule is CC[C@H](c1ccccc1)c1ccc2ccccc2c1. The first-order valence-electron chi connectivity index (χ1n) is 6.92. The molecule has 1 atom stereocenters. The van der Waals surface area contributed by atoms with Gasteiger partial charge < -0.3 is 0 Å². The predicted octanol–water partition coefficient (Wildman–Crippen LogP) is 5.38. The van der Waals surface area contributed by atoms with E-state index in [4.69, 9.17) is 0 Å². The lowest BCUT2D eigenvalue weighted by molar-refractivity contribution is 0.778. The van der Waals surface area contributed by atoms with Gasteiger partial charge in [0.1, 0.15) is 0 Å². The summed E-state index contributed by atoms with van der Waals surface area (Å²) >= 11 is 0. The van der Waals surface area contributed by atoms with Gasteiger partial charge >= 0.3 is 0 Å². The monoisotopic (exact) mass is 246 g/mol. The van der Waals surface area contributed by atoms with Gasteiger partial charge in [-0.05, 0) is 28.3 Å². The normalized spacial score (nSPS) is 12.5. The summed E-state index contributed by atoms with van der Waals surface area (Å²) in [6, 6.07) is 26.2. The van der Waals surface area contributed by atoms with Gasteiger partial charge in [-0.2, -0.15) is 0 Å². The van der Waals surface area contributed by atoms with E-state index in [1.54, 1.807) is 0 Å². The van der Waals surface area contributed by atoms with Gasteiger partial charge in [-0.15, -0.1) is 0 Å². The number of rotatable bonds is 3. The van der Waals surface area contributed by atoms with E-state index in [2.05, 4.69) is 79.7 Å². The Balaban J connectivity index is 2.06. The summed E-state index contributed by atoms with van der Waals surface area (Å²) < 4.78 is 0. The fourth-order valence-corrected chi connectivity index (χ4v) is 2.77. The smallest absolute Gasteiger partial charge is 0.00869 e. The van der Waals surface area contributed by atoms with Crippen LogP contribution in [-0.4, -0.2) is 0 Å². The third-order valence-electron chi connectivity index (χ3n) is 3.79. The van der Waals surface area contributed by atoms with Crippen molar-refractivity contribution >= 4 is 10.8 Å². The third kappa shape index (κ3) is 2.39. The van der Waals surface area contributed by atoms with Gasteiger partial charge in [0.2, 0.25) is 0 Å². The maximum Gasteiger partial charge on any atom is 0.00869 e. The van der Waals surface area contributed by atoms with Crippen molar-refractivity contribution in [2.24, 2.45) is 0 Å². The average molecular weight is 246 g/mol. The van der Waals surface area contributed by atoms with Gasteiger partial charge in [-0.25, -0.2) is 0 Å². The summed E-state index contributed by atoms with van der Waals surface area (Å²) in [5.74, 6) is 0.491. The highest BCUT2D eigenvalue weighted by molar-refractivity contribution is 5.83. The molecule has 0 N–H and O–H groups in total. The summed E-state index contributed by atoms with van der Waals surface area (Å²) in [7, 11) is 0. The molecule has 3 aromatic rings. The Morgan fingerprint density at radius 2 is 1.37 bits per heavy atom. The van der Waals surface area contributed by atoms with E-state index in [1.165, 1.54) is 21.9 Å². The van der Waals surface area contributed by atoms with Crippen LogP contribution in [0.1, 0.15) is 30.4 Å². The second-order valence-electron chi connectivity index (χ2n) is 4.98. The zero-order chi connectivity index (χ0) is 13.1. The van der Waals surface area contributed by atoms with Crippen LogP contribution in [0.15, 0.2) is 72.8 Å². The molecular weight excluding hydrogens is 228 g/mol. The Kier molecular flexibility index (Phi) is 3.33. The lowest BCUT2D eigenvalue weighted by atomic mass is 9.88. The molecule has 0 aromatic heterocycles. The molecule has 0 unspecified atom stereocenters. The molecular formula is C19H18. The van der Waals surface area contributed by atoms with Crippen LogP contribution in [0.25, 0.3) is 10.8 Å². The van der Waals surface area contributed by atoms with Crippen LogP contribution in [0.2, 0.25) is 0 Å². The van der Waals surface area contributed by atoms with E-state index in [0.717, 1.165) is 6.42 Å². The van der Waals surface area contributed by atoms with E-state index in [-0.39, 0.29) is 0 Å². The second-order valence-corrected chi connectivity index (χ2v) is 4.98. The molecule has 3 rings (SSSR count). The van der Waals surface area contributed by atoms with Gasteiger partial charge in [0, 0.05) is 5.92 Å². The largest absolute Gasteiger partial charge is 0.0645 e. The molecule has 0 bridgehead atoms. The van der Waals surface area contributed by atoms with E-state index in [1.807, 2.05) is 0 Å². The summed E-state index contributed by atoms with van der Waals surface area (Å²) in [4.78, 5) is 0. The molecule has 0 nitrogen and oxygen atoms in total. The van der Waals surface area contributed by atoms with E-state index >= 15 is 0 Å². The molecule has 0 aliphatic heterocycles. The van der Waals surface area contributed by atoms with Gasteiger partial charge in [-0.3, -0.25) is 0 Å². The Labute approximate surface area is 114 Å². The fourth-order valence-electron chi connectivity index (χ4n) is 2.77. The first-order valence-corrected chi connectivity index (χ1v) is 6.92. The van der Waals surface area contributed by atoms with Gasteiger partial charge in [-0.1, -0.05) is 79.7 Å². The lowest BCUT2D eigenvalue weighted by Gasteiger charge is -2.16. The zero-order valence-electron chi connectivity index (χ0n) is 11.2. The topological polar surface area (TPSA) is 0 Å². The van der Waals surface area contributed by atoms with Crippen molar-refractivity contribution in [3.63, 3.8) is 0 Å². The van der Waals surface area contributed by atoms with Gasteiger partial charge in [0.15, 0.2) is 0 Å². The number of benzene rings is 3. The fraction of sp³-hybridized carbons (Fsp3) is 0.158. The van der Waals surface area contributed by atoms with E-state index < -0.39 is 0 Å². The first kappa shape index (κ1) is 12.0. The number of fused-ring (bicyclic) bond motifs is 1. The highest BCUT2D eigenvalue weighted by Crippen LogP contribution is 2.29. The molecule has 0 aliphatic carbocycles. The molecule has 0 amide bonds. The summed E-state index contributed by atoms with van der Waals surface area (Å²) in [5, 5.41) is 2.64. The number of hydrogen-bond donors (Lipinski definition) is 0. The molecule has 0 heteroatoms. The highest BCUT2D eigenvalue weighted by atomic mass is 14.2. The standard InChI is InChI=1S/C19H18/c1-2-19(16-9-4-3-5-10-16)18-13-12-15-8-6-7-11-17(15)14-18/h3-14,19H,2H2,1H3/t19-/m1/s1. The molecule has 0 aliphatic rings. The minimum Gasteiger partial charge on any atom is -0.0645 e. The summed E-state index contributed by atoms with van der Waals surface area (Å²) in [5.41, 5.74) is 2.81. The van der Waals surface area contributed by atoms with E-state index in [0.29, 0.717) is 5.92 Å². The van der Waals surface area contributed by atoms with Crippen LogP contribution in [-0.2, 0) is 0 Å². The van der Waals surface area contributed by atoms with Crippen molar-refractivity contribution in [3.8, 4) is 0 Å². The molecule has 0 spiro atoms. The van der Waals surface area contributed by atoms with Crippen LogP contribution in [0.4, 0.5) is 0 Å². The molecule has 94 valence electrons. The summed E-state index contributed by atoms with van der Waals surface area (Å²) in [6.45, 7) is 2.26. The zero-order valence-corrected chi connectivity index (χ0v) is 11.2. The van der Waals surface area contributed by atoms with Crippen LogP contribution >= 0.6 is 0 Å². The Morgan fingerprint density at radius 1 is 0.684 bits per heavy atom. The Hall–Kier alpha value is -2.08. The maximum atomic E-state index is 2.33. The molecule has 0 radical (unpaired) electrons. The van der Waals surface area contributed by atoms with Crippen LogP contribution in [0.3, 0.4) is 0 Å². The van der Waals surface area contributed by atoms with Crippen molar-refractivity contribution in [1.82, 2.24) is 0 Å². The molecule has 0 heterocycles. The van der Waals surface area contributed by atoms with Crippen molar-refractivity contribution in [1.29, 1.82) is 0 Å². The first-order chi connectivity index (χ1) is 9.38. The van der Waals surface area contributed by atoms with Crippen molar-refractivity contribution in [3.05, 3.63) is 83.9 Å². The highest BCUT2D eigenvalue weighted by Gasteiger charge is 2.11. The van der Waals surface area contributed by atoms with Crippen molar-refractivity contribution in [2.75, 3.05) is 0 Å². The quantitative estimate of drug-likeness (QED) is 0.582. The molecule has 0 saturated heterocycles. The molecule has 19 heavy (non-hydrogen) atoms. The summed E-state index contributed by atoms with van der Waals surface area (Å²) in [6.07, 6.45) is 1.13. The third-order valence-corrected chi connectivity index (χ3v) is 3.79. The maximum absolute atomic E-state index is 2.33. The lowest BCUT2D eigenvalue weighted by Crippen LogP contribution is -1.99. The van der Waals surface area contributed by atoms with Gasteiger partial charge in [0.05, 0.1) is 0 Å². The number of hydrogen-bond acceptors (Lipinski definition) is 0.